The van der Waals surface area contributed by atoms with E-state index in [-0.39, 0.29) is 11.1 Å². The summed E-state index contributed by atoms with van der Waals surface area (Å²) in [5, 5.41) is 2.65. The number of amides is 3. The molecule has 1 aliphatic heterocycles. The molecule has 0 radical (unpaired) electrons. The number of nitrogens with one attached hydrogen (secondary N) is 1. The molecule has 1 heterocycles. The minimum Gasteiger partial charge on any atom is -0.455 e. The van der Waals surface area contributed by atoms with Gasteiger partial charge in [0.15, 0.2) is 12.4 Å². The highest BCUT2D eigenvalue weighted by atomic mass is 16.5. The highest BCUT2D eigenvalue weighted by Gasteiger charge is 2.41. The van der Waals surface area contributed by atoms with E-state index in [1.807, 2.05) is 31.2 Å². The van der Waals surface area contributed by atoms with Gasteiger partial charge in [-0.2, -0.15) is 0 Å². The number of hydrogen-bond donors (Lipinski definition) is 1. The number of ether oxygens (including phenoxy) is 2. The van der Waals surface area contributed by atoms with Crippen molar-refractivity contribution in [3.05, 3.63) is 89.5 Å². The summed E-state index contributed by atoms with van der Waals surface area (Å²) >= 11 is 0. The van der Waals surface area contributed by atoms with Crippen molar-refractivity contribution in [1.82, 2.24) is 4.90 Å². The Bertz CT molecular complexity index is 1230. The lowest BCUT2D eigenvalue weighted by molar-refractivity contribution is -0.150. The van der Waals surface area contributed by atoms with E-state index in [4.69, 9.17) is 9.47 Å². The predicted molar refractivity (Wildman–Crippen MR) is 124 cm³/mol. The molecule has 0 fully saturated rings. The number of hydrogen-bond acceptors (Lipinski definition) is 6. The van der Waals surface area contributed by atoms with Gasteiger partial charge >= 0.3 is 5.97 Å². The predicted octanol–water partition coefficient (Wildman–Crippen LogP) is 3.95. The maximum absolute atomic E-state index is 12.5. The largest absolute Gasteiger partial charge is 0.455 e. The van der Waals surface area contributed by atoms with E-state index in [1.54, 1.807) is 36.4 Å². The first-order valence-electron chi connectivity index (χ1n) is 10.6. The Morgan fingerprint density at radius 1 is 0.882 bits per heavy atom. The van der Waals surface area contributed by atoms with Crippen LogP contribution < -0.4 is 10.1 Å². The third-order valence-electron chi connectivity index (χ3n) is 5.31. The fraction of sp³-hybridized carbons (Fsp3) is 0.154. The number of aryl methyl sites for hydroxylation is 1. The summed E-state index contributed by atoms with van der Waals surface area (Å²) in [5.74, 6) is -1.58. The van der Waals surface area contributed by atoms with Crippen molar-refractivity contribution in [3.63, 3.8) is 0 Å². The Balaban J connectivity index is 1.36. The van der Waals surface area contributed by atoms with Gasteiger partial charge in [-0.3, -0.25) is 19.3 Å². The molecule has 0 bridgehead atoms. The van der Waals surface area contributed by atoms with Crippen LogP contribution in [0, 0.1) is 6.92 Å². The van der Waals surface area contributed by atoms with Crippen molar-refractivity contribution in [2.75, 3.05) is 11.9 Å². The van der Waals surface area contributed by atoms with E-state index in [0.29, 0.717) is 17.2 Å². The molecule has 0 saturated heterocycles. The van der Waals surface area contributed by atoms with E-state index in [9.17, 15) is 19.2 Å². The zero-order chi connectivity index (χ0) is 24.2. The summed E-state index contributed by atoms with van der Waals surface area (Å²) in [6.07, 6.45) is 0. The number of para-hydroxylation sites is 2. The Labute approximate surface area is 196 Å². The van der Waals surface area contributed by atoms with E-state index in [2.05, 4.69) is 5.32 Å². The summed E-state index contributed by atoms with van der Waals surface area (Å²) in [7, 11) is 0. The van der Waals surface area contributed by atoms with Crippen LogP contribution in [-0.4, -0.2) is 41.2 Å². The highest BCUT2D eigenvalue weighted by molar-refractivity contribution is 6.22. The van der Waals surface area contributed by atoms with Crippen LogP contribution in [-0.2, 0) is 14.3 Å². The monoisotopic (exact) mass is 458 g/mol. The van der Waals surface area contributed by atoms with Gasteiger partial charge in [-0.15, -0.1) is 0 Å². The maximum Gasteiger partial charge on any atom is 0.329 e. The molecule has 4 rings (SSSR count). The van der Waals surface area contributed by atoms with Crippen molar-refractivity contribution < 1.29 is 28.7 Å². The second kappa shape index (κ2) is 9.58. The Kier molecular flexibility index (Phi) is 6.40. The summed E-state index contributed by atoms with van der Waals surface area (Å²) in [6.45, 7) is 2.76. The molecular weight excluding hydrogens is 436 g/mol. The van der Waals surface area contributed by atoms with E-state index in [1.165, 1.54) is 19.1 Å². The number of fused-ring (bicyclic) bond motifs is 1. The lowest BCUT2D eigenvalue weighted by Crippen LogP contribution is -2.44. The Morgan fingerprint density at radius 2 is 1.47 bits per heavy atom. The molecule has 0 spiro atoms. The Morgan fingerprint density at radius 3 is 2.12 bits per heavy atom. The molecule has 0 aromatic heterocycles. The van der Waals surface area contributed by atoms with Crippen LogP contribution in [0.5, 0.6) is 11.5 Å². The average molecular weight is 458 g/mol. The molecule has 3 aromatic carbocycles. The number of carbonyl (C=O) groups excluding carboxylic acids is 4. The van der Waals surface area contributed by atoms with Gasteiger partial charge in [0.2, 0.25) is 0 Å². The average Bonchev–Trinajstić information content (AvgIpc) is 3.10. The number of anilines is 1. The molecule has 1 atom stereocenters. The molecule has 1 N–H and O–H groups in total. The third-order valence-corrected chi connectivity index (χ3v) is 5.31. The van der Waals surface area contributed by atoms with E-state index in [0.717, 1.165) is 10.5 Å². The smallest absolute Gasteiger partial charge is 0.329 e. The van der Waals surface area contributed by atoms with Crippen LogP contribution >= 0.6 is 0 Å². The van der Waals surface area contributed by atoms with Crippen molar-refractivity contribution >= 4 is 29.4 Å². The number of esters is 1. The summed E-state index contributed by atoms with van der Waals surface area (Å²) in [6, 6.07) is 19.4. The third kappa shape index (κ3) is 4.66. The first-order valence-corrected chi connectivity index (χ1v) is 10.6. The number of carbonyl (C=O) groups is 4. The zero-order valence-corrected chi connectivity index (χ0v) is 18.6. The van der Waals surface area contributed by atoms with Gasteiger partial charge in [0.1, 0.15) is 11.8 Å². The Hall–Kier alpha value is -4.46. The number of nitrogens with zero attached hydrogens (tertiary/aromatic N) is 1. The first kappa shape index (κ1) is 22.7. The van der Waals surface area contributed by atoms with Gasteiger partial charge in [-0.05, 0) is 50.2 Å². The summed E-state index contributed by atoms with van der Waals surface area (Å²) < 4.78 is 10.9. The normalized spacial score (nSPS) is 13.3. The van der Waals surface area contributed by atoms with Crippen LogP contribution in [0.4, 0.5) is 5.69 Å². The van der Waals surface area contributed by atoms with Crippen LogP contribution in [0.2, 0.25) is 0 Å². The molecule has 172 valence electrons. The van der Waals surface area contributed by atoms with Crippen molar-refractivity contribution in [2.45, 2.75) is 19.9 Å². The summed E-state index contributed by atoms with van der Waals surface area (Å²) in [5.41, 5.74) is 1.95. The van der Waals surface area contributed by atoms with Crippen LogP contribution in [0.1, 0.15) is 33.2 Å². The molecule has 8 nitrogen and oxygen atoms in total. The molecule has 1 unspecified atom stereocenters. The van der Waals surface area contributed by atoms with Gasteiger partial charge < -0.3 is 14.8 Å². The molecule has 34 heavy (non-hydrogen) atoms. The fourth-order valence-electron chi connectivity index (χ4n) is 3.50. The molecule has 3 aromatic rings. The van der Waals surface area contributed by atoms with Crippen molar-refractivity contribution in [1.29, 1.82) is 0 Å². The SMILES string of the molecule is Cc1ccc(Oc2ccccc2NC(=O)COC(=O)C(C)N2C(=O)c3ccccc3C2=O)cc1. The van der Waals surface area contributed by atoms with Gasteiger partial charge in [-0.1, -0.05) is 42.0 Å². The number of rotatable bonds is 7. The van der Waals surface area contributed by atoms with Crippen LogP contribution in [0.25, 0.3) is 0 Å². The number of benzene rings is 3. The molecule has 0 aliphatic carbocycles. The quantitative estimate of drug-likeness (QED) is 0.425. The minimum absolute atomic E-state index is 0.232. The lowest BCUT2D eigenvalue weighted by Gasteiger charge is -2.20. The standard InChI is InChI=1S/C26H22N2O6/c1-16-11-13-18(14-12-16)34-22-10-6-5-9-21(22)27-23(29)15-33-26(32)17(2)28-24(30)19-7-3-4-8-20(19)25(28)31/h3-14,17H,15H2,1-2H3,(H,27,29). The molecular formula is C26H22N2O6. The van der Waals surface area contributed by atoms with Gasteiger partial charge in [0.25, 0.3) is 17.7 Å². The second-order valence-electron chi connectivity index (χ2n) is 7.77. The molecule has 3 amide bonds. The molecule has 8 heteroatoms. The fourth-order valence-corrected chi connectivity index (χ4v) is 3.50. The van der Waals surface area contributed by atoms with Crippen molar-refractivity contribution in [2.24, 2.45) is 0 Å². The van der Waals surface area contributed by atoms with Gasteiger partial charge in [-0.25, -0.2) is 4.79 Å². The topological polar surface area (TPSA) is 102 Å². The minimum atomic E-state index is -1.18. The van der Waals surface area contributed by atoms with Crippen LogP contribution in [0.15, 0.2) is 72.8 Å². The van der Waals surface area contributed by atoms with Crippen LogP contribution in [0.3, 0.4) is 0 Å². The molecule has 1 aliphatic rings. The van der Waals surface area contributed by atoms with E-state index < -0.39 is 36.3 Å². The van der Waals surface area contributed by atoms with E-state index >= 15 is 0 Å². The highest BCUT2D eigenvalue weighted by Crippen LogP contribution is 2.29. The first-order chi connectivity index (χ1) is 16.3. The van der Waals surface area contributed by atoms with Gasteiger partial charge in [0, 0.05) is 0 Å². The molecule has 0 saturated carbocycles. The lowest BCUT2D eigenvalue weighted by atomic mass is 10.1. The number of imide groups is 1. The second-order valence-corrected chi connectivity index (χ2v) is 7.77. The van der Waals surface area contributed by atoms with Gasteiger partial charge in [0.05, 0.1) is 16.8 Å². The zero-order valence-electron chi connectivity index (χ0n) is 18.6. The summed E-state index contributed by atoms with van der Waals surface area (Å²) in [4.78, 5) is 50.8. The van der Waals surface area contributed by atoms with Crippen molar-refractivity contribution in [3.8, 4) is 11.5 Å². The maximum atomic E-state index is 12.5.